The van der Waals surface area contributed by atoms with Crippen LogP contribution in [0.1, 0.15) is 43.2 Å². The van der Waals surface area contributed by atoms with Crippen LogP contribution in [-0.4, -0.2) is 58.7 Å². The molecule has 1 unspecified atom stereocenters. The zero-order valence-corrected chi connectivity index (χ0v) is 20.7. The fourth-order valence-electron chi connectivity index (χ4n) is 5.71. The van der Waals surface area contributed by atoms with Crippen LogP contribution in [0.3, 0.4) is 0 Å². The second-order valence-corrected chi connectivity index (χ2v) is 10.3. The predicted molar refractivity (Wildman–Crippen MR) is 136 cm³/mol. The minimum absolute atomic E-state index is 0.289. The van der Waals surface area contributed by atoms with Gasteiger partial charge in [-0.05, 0) is 73.2 Å². The minimum Gasteiger partial charge on any atom is -0.457 e. The van der Waals surface area contributed by atoms with E-state index in [9.17, 15) is 9.50 Å². The Morgan fingerprint density at radius 2 is 1.57 bits per heavy atom. The highest BCUT2D eigenvalue weighted by atomic mass is 19.1. The van der Waals surface area contributed by atoms with Crippen molar-refractivity contribution in [3.05, 3.63) is 77.7 Å². The van der Waals surface area contributed by atoms with Gasteiger partial charge in [0.05, 0.1) is 31.9 Å². The molecule has 5 nitrogen and oxygen atoms in total. The van der Waals surface area contributed by atoms with Gasteiger partial charge in [-0.2, -0.15) is 0 Å². The Balaban J connectivity index is 1.26. The van der Waals surface area contributed by atoms with Gasteiger partial charge in [0.1, 0.15) is 23.5 Å². The summed E-state index contributed by atoms with van der Waals surface area (Å²) in [6.07, 6.45) is 4.34. The maximum absolute atomic E-state index is 13.1. The second-order valence-electron chi connectivity index (χ2n) is 10.3. The van der Waals surface area contributed by atoms with E-state index in [2.05, 4.69) is 11.9 Å². The van der Waals surface area contributed by atoms with Crippen LogP contribution in [0.15, 0.2) is 60.7 Å². The number of quaternary nitrogens is 1. The molecule has 2 aliphatic heterocycles. The van der Waals surface area contributed by atoms with Gasteiger partial charge in [-0.25, -0.2) is 4.39 Å². The lowest BCUT2D eigenvalue weighted by molar-refractivity contribution is -0.923. The molecule has 35 heavy (non-hydrogen) atoms. The molecule has 0 aliphatic carbocycles. The summed E-state index contributed by atoms with van der Waals surface area (Å²) >= 11 is 0. The molecule has 3 aromatic rings. The number of benzene rings is 2. The number of aromatic nitrogens is 1. The van der Waals surface area contributed by atoms with Crippen LogP contribution in [0.2, 0.25) is 0 Å². The molecule has 2 aliphatic rings. The molecule has 1 aromatic heterocycles. The number of aliphatic hydroxyl groups is 1. The van der Waals surface area contributed by atoms with Crippen molar-refractivity contribution in [3.63, 3.8) is 0 Å². The van der Waals surface area contributed by atoms with Crippen molar-refractivity contribution in [1.29, 1.82) is 0 Å². The molecule has 0 saturated carbocycles. The molecular formula is C29H35FN3O2+. The number of halogens is 1. The van der Waals surface area contributed by atoms with Crippen LogP contribution >= 0.6 is 0 Å². The number of piperidine rings is 1. The summed E-state index contributed by atoms with van der Waals surface area (Å²) in [5, 5.41) is 11.2. The van der Waals surface area contributed by atoms with Gasteiger partial charge in [-0.15, -0.1) is 0 Å². The first-order chi connectivity index (χ1) is 16.9. The molecule has 6 heteroatoms. The van der Waals surface area contributed by atoms with E-state index in [-0.39, 0.29) is 5.82 Å². The molecule has 1 N–H and O–H groups in total. The summed E-state index contributed by atoms with van der Waals surface area (Å²) in [5.41, 5.74) is 3.56. The lowest BCUT2D eigenvalue weighted by Gasteiger charge is -2.43. The zero-order valence-electron chi connectivity index (χ0n) is 20.7. The monoisotopic (exact) mass is 476 g/mol. The maximum atomic E-state index is 13.1. The summed E-state index contributed by atoms with van der Waals surface area (Å²) in [7, 11) is 2.41. The molecule has 2 aromatic carbocycles. The molecule has 1 atom stereocenters. The normalized spacial score (nSPS) is 19.5. The molecule has 0 spiro atoms. The summed E-state index contributed by atoms with van der Waals surface area (Å²) < 4.78 is 20.1. The summed E-state index contributed by atoms with van der Waals surface area (Å²) in [4.78, 5) is 6.92. The van der Waals surface area contributed by atoms with E-state index >= 15 is 0 Å². The van der Waals surface area contributed by atoms with Gasteiger partial charge in [0, 0.05) is 50.0 Å². The molecule has 2 fully saturated rings. The maximum Gasteiger partial charge on any atom is 0.133 e. The van der Waals surface area contributed by atoms with Crippen molar-refractivity contribution in [2.24, 2.45) is 0 Å². The number of aryl methyl sites for hydroxylation is 1. The van der Waals surface area contributed by atoms with E-state index in [1.807, 2.05) is 43.3 Å². The Labute approximate surface area is 207 Å². The van der Waals surface area contributed by atoms with Crippen LogP contribution in [0, 0.1) is 12.7 Å². The molecule has 5 rings (SSSR count). The number of likely N-dealkylation sites (tertiary alicyclic amines) is 2. The molecule has 2 saturated heterocycles. The number of aliphatic hydroxyl groups excluding tert-OH is 1. The first-order valence-electron chi connectivity index (χ1n) is 12.7. The summed E-state index contributed by atoms with van der Waals surface area (Å²) in [6, 6.07) is 18.3. The van der Waals surface area contributed by atoms with Crippen molar-refractivity contribution in [2.45, 2.75) is 44.9 Å². The van der Waals surface area contributed by atoms with Gasteiger partial charge in [0.15, 0.2) is 0 Å². The average Bonchev–Trinajstić information content (AvgIpc) is 3.33. The van der Waals surface area contributed by atoms with E-state index in [4.69, 9.17) is 9.72 Å². The van der Waals surface area contributed by atoms with Gasteiger partial charge < -0.3 is 14.3 Å². The van der Waals surface area contributed by atoms with Gasteiger partial charge in [0.2, 0.25) is 0 Å². The molecule has 184 valence electrons. The van der Waals surface area contributed by atoms with Crippen LogP contribution in [0.5, 0.6) is 11.5 Å². The van der Waals surface area contributed by atoms with Gasteiger partial charge in [-0.3, -0.25) is 9.88 Å². The SMILES string of the molecule is Cc1cc(C(O)N2CCC([N+]3(C)CCCC3)CC2)cc(-c2ccc(Oc3ccc(F)cc3)cc2)n1. The minimum atomic E-state index is -0.624. The lowest BCUT2D eigenvalue weighted by atomic mass is 9.99. The van der Waals surface area contributed by atoms with E-state index in [1.165, 1.54) is 42.5 Å². The number of nitrogens with zero attached hydrogens (tertiary/aromatic N) is 3. The number of pyridine rings is 1. The first-order valence-corrected chi connectivity index (χ1v) is 12.7. The molecule has 0 radical (unpaired) electrons. The van der Waals surface area contributed by atoms with Crippen molar-refractivity contribution < 1.29 is 18.7 Å². The standard InChI is InChI=1S/C29H35FN3O2/c1-21-19-23(29(34)32-15-13-25(14-16-32)33(2)17-3-4-18-33)20-28(31-21)22-5-9-26(10-6-22)35-27-11-7-24(30)8-12-27/h5-12,19-20,25,29,34H,3-4,13-18H2,1-2H3/q+1. The molecule has 0 amide bonds. The summed E-state index contributed by atoms with van der Waals surface area (Å²) in [6.45, 7) is 6.41. The number of ether oxygens (including phenoxy) is 1. The fourth-order valence-corrected chi connectivity index (χ4v) is 5.71. The van der Waals surface area contributed by atoms with E-state index in [1.54, 1.807) is 12.1 Å². The highest BCUT2D eigenvalue weighted by molar-refractivity contribution is 5.61. The van der Waals surface area contributed by atoms with Gasteiger partial charge in [0.25, 0.3) is 0 Å². The Bertz CT molecular complexity index is 1140. The van der Waals surface area contributed by atoms with E-state index in [0.717, 1.165) is 48.4 Å². The molecule has 0 bridgehead atoms. The van der Waals surface area contributed by atoms with Crippen LogP contribution in [0.4, 0.5) is 4.39 Å². The Morgan fingerprint density at radius 1 is 0.971 bits per heavy atom. The number of rotatable bonds is 6. The lowest BCUT2D eigenvalue weighted by Crippen LogP contribution is -2.54. The van der Waals surface area contributed by atoms with Crippen LogP contribution in [-0.2, 0) is 0 Å². The third-order valence-electron chi connectivity index (χ3n) is 7.79. The van der Waals surface area contributed by atoms with Crippen molar-refractivity contribution in [3.8, 4) is 22.8 Å². The van der Waals surface area contributed by atoms with E-state index < -0.39 is 6.23 Å². The fraction of sp³-hybridized carbons (Fsp3) is 0.414. The third kappa shape index (κ3) is 5.40. The highest BCUT2D eigenvalue weighted by Crippen LogP contribution is 2.32. The molecule has 3 heterocycles. The number of hydrogen-bond donors (Lipinski definition) is 1. The number of hydrogen-bond acceptors (Lipinski definition) is 4. The van der Waals surface area contributed by atoms with Gasteiger partial charge >= 0.3 is 0 Å². The molecular weight excluding hydrogens is 441 g/mol. The Hall–Kier alpha value is -2.80. The smallest absolute Gasteiger partial charge is 0.133 e. The van der Waals surface area contributed by atoms with Crippen LogP contribution in [0.25, 0.3) is 11.3 Å². The predicted octanol–water partition coefficient (Wildman–Crippen LogP) is 5.68. The second kappa shape index (κ2) is 10.1. The Kier molecular flexibility index (Phi) is 6.87. The topological polar surface area (TPSA) is 45.6 Å². The van der Waals surface area contributed by atoms with Gasteiger partial charge in [-0.1, -0.05) is 0 Å². The quantitative estimate of drug-likeness (QED) is 0.465. The van der Waals surface area contributed by atoms with Crippen molar-refractivity contribution in [2.75, 3.05) is 33.2 Å². The first kappa shape index (κ1) is 23.9. The van der Waals surface area contributed by atoms with E-state index in [0.29, 0.717) is 17.5 Å². The highest BCUT2D eigenvalue weighted by Gasteiger charge is 2.38. The van der Waals surface area contributed by atoms with Crippen molar-refractivity contribution >= 4 is 0 Å². The average molecular weight is 477 g/mol. The summed E-state index contributed by atoms with van der Waals surface area (Å²) in [5.74, 6) is 0.969. The van der Waals surface area contributed by atoms with Crippen molar-refractivity contribution in [1.82, 2.24) is 9.88 Å². The third-order valence-corrected chi connectivity index (χ3v) is 7.79. The Morgan fingerprint density at radius 3 is 2.20 bits per heavy atom. The largest absolute Gasteiger partial charge is 0.457 e. The zero-order chi connectivity index (χ0) is 24.4. The van der Waals surface area contributed by atoms with Crippen LogP contribution < -0.4 is 4.74 Å².